The molecule has 0 fully saturated rings. The lowest BCUT2D eigenvalue weighted by Crippen LogP contribution is -2.14. The molecule has 0 heterocycles. The van der Waals surface area contributed by atoms with Crippen LogP contribution in [0.15, 0.2) is 0 Å². The Kier molecular flexibility index (Phi) is 29.0. The van der Waals surface area contributed by atoms with Crippen molar-refractivity contribution in [3.8, 4) is 0 Å². The maximum absolute atomic E-state index is 6.38. The maximum Gasteiger partial charge on any atom is 0.150 e. The van der Waals surface area contributed by atoms with Crippen LogP contribution in [0.25, 0.3) is 0 Å². The first-order valence-corrected chi connectivity index (χ1v) is 20.6. The fourth-order valence-electron chi connectivity index (χ4n) is 5.06. The van der Waals surface area contributed by atoms with Crippen LogP contribution in [0.4, 0.5) is 0 Å². The summed E-state index contributed by atoms with van der Waals surface area (Å²) in [4.78, 5) is 0. The number of alkyl halides is 1. The Balaban J connectivity index is 3.03. The molecule has 0 aromatic heterocycles. The molecule has 0 rings (SSSR count). The highest BCUT2D eigenvalue weighted by Gasteiger charge is 2.15. The fraction of sp³-hybridized carbons (Fsp3) is 1.00. The van der Waals surface area contributed by atoms with E-state index < -0.39 is 7.38 Å². The highest BCUT2D eigenvalue weighted by Crippen LogP contribution is 2.20. The van der Waals surface area contributed by atoms with E-state index in [1.54, 1.807) is 0 Å². The molecule has 0 amide bonds. The number of unbranched alkanes of at least 4 members (excludes halogenated alkanes) is 26. The van der Waals surface area contributed by atoms with Crippen LogP contribution in [0.2, 0.25) is 19.1 Å². The zero-order chi connectivity index (χ0) is 25.0. The van der Waals surface area contributed by atoms with Crippen molar-refractivity contribution < 1.29 is 0 Å². The molecule has 3 heteroatoms. The number of hydrogen-bond acceptors (Lipinski definition) is 0. The predicted octanol–water partition coefficient (Wildman–Crippen LogP) is 13.2. The standard InChI is InChI=1S/C31H64Cl2Si/c1-34(2,33)31-29-27-25-23-21-19-17-15-13-11-9-7-5-3-4-6-8-10-12-14-16-18-20-22-24-26-28-30-32/h3-31H2,1-2H3. The normalized spacial score (nSPS) is 12.0. The van der Waals surface area contributed by atoms with Crippen LogP contribution in [0.3, 0.4) is 0 Å². The lowest BCUT2D eigenvalue weighted by atomic mass is 10.0. The average molecular weight is 536 g/mol. The quantitative estimate of drug-likeness (QED) is 0.0387. The van der Waals surface area contributed by atoms with E-state index in [0.717, 1.165) is 5.88 Å². The van der Waals surface area contributed by atoms with Crippen LogP contribution >= 0.6 is 22.7 Å². The molecule has 0 aliphatic carbocycles. The number of halogens is 2. The predicted molar refractivity (Wildman–Crippen MR) is 164 cm³/mol. The molecule has 0 nitrogen and oxygen atoms in total. The van der Waals surface area contributed by atoms with E-state index in [1.165, 1.54) is 179 Å². The summed E-state index contributed by atoms with van der Waals surface area (Å²) in [6.07, 6.45) is 38.9. The van der Waals surface area contributed by atoms with Gasteiger partial charge < -0.3 is 0 Å². The Morgan fingerprint density at radius 3 is 0.676 bits per heavy atom. The van der Waals surface area contributed by atoms with Crippen molar-refractivity contribution in [3.05, 3.63) is 0 Å². The van der Waals surface area contributed by atoms with E-state index in [9.17, 15) is 0 Å². The Hall–Kier alpha value is 0.797. The zero-order valence-corrected chi connectivity index (χ0v) is 26.3. The summed E-state index contributed by atoms with van der Waals surface area (Å²) in [5.74, 6) is 0.844. The van der Waals surface area contributed by atoms with E-state index in [4.69, 9.17) is 22.7 Å². The lowest BCUT2D eigenvalue weighted by molar-refractivity contribution is 0.515. The second kappa shape index (κ2) is 28.4. The molecule has 0 aliphatic heterocycles. The summed E-state index contributed by atoms with van der Waals surface area (Å²) in [5, 5.41) is 0. The zero-order valence-electron chi connectivity index (χ0n) is 23.8. The largest absolute Gasteiger partial charge is 0.168 e. The van der Waals surface area contributed by atoms with Gasteiger partial charge in [-0.25, -0.2) is 0 Å². The Labute approximate surface area is 227 Å². The minimum atomic E-state index is -1.31. The average Bonchev–Trinajstić information content (AvgIpc) is 2.80. The van der Waals surface area contributed by atoms with Gasteiger partial charge in [0.1, 0.15) is 7.38 Å². The van der Waals surface area contributed by atoms with Crippen LogP contribution < -0.4 is 0 Å². The summed E-state index contributed by atoms with van der Waals surface area (Å²) in [6.45, 7) is 4.54. The summed E-state index contributed by atoms with van der Waals surface area (Å²) < 4.78 is 0. The van der Waals surface area contributed by atoms with Gasteiger partial charge >= 0.3 is 0 Å². The van der Waals surface area contributed by atoms with E-state index >= 15 is 0 Å². The second-order valence-corrected chi connectivity index (χ2v) is 19.1. The van der Waals surface area contributed by atoms with Crippen molar-refractivity contribution in [2.45, 2.75) is 193 Å². The molecule has 0 radical (unpaired) electrons. The third kappa shape index (κ3) is 32.8. The van der Waals surface area contributed by atoms with Gasteiger partial charge in [0.15, 0.2) is 0 Å². The summed E-state index contributed by atoms with van der Waals surface area (Å²) in [6, 6.07) is 1.30. The van der Waals surface area contributed by atoms with Gasteiger partial charge in [0.2, 0.25) is 0 Å². The van der Waals surface area contributed by atoms with Crippen molar-refractivity contribution in [1.82, 2.24) is 0 Å². The molecule has 206 valence electrons. The van der Waals surface area contributed by atoms with Crippen molar-refractivity contribution in [3.63, 3.8) is 0 Å². The molecule has 0 aliphatic rings. The van der Waals surface area contributed by atoms with Gasteiger partial charge in [0.25, 0.3) is 0 Å². The van der Waals surface area contributed by atoms with E-state index in [0.29, 0.717) is 0 Å². The smallest absolute Gasteiger partial charge is 0.150 e. The molecule has 0 aromatic carbocycles. The van der Waals surface area contributed by atoms with Crippen molar-refractivity contribution in [1.29, 1.82) is 0 Å². The van der Waals surface area contributed by atoms with Gasteiger partial charge in [0, 0.05) is 5.88 Å². The second-order valence-electron chi connectivity index (χ2n) is 11.7. The van der Waals surface area contributed by atoms with Crippen molar-refractivity contribution in [2.24, 2.45) is 0 Å². The monoisotopic (exact) mass is 534 g/mol. The molecule has 0 atom stereocenters. The molecule has 0 aromatic rings. The van der Waals surface area contributed by atoms with E-state index in [-0.39, 0.29) is 0 Å². The van der Waals surface area contributed by atoms with Gasteiger partial charge in [-0.05, 0) is 12.5 Å². The van der Waals surface area contributed by atoms with Crippen molar-refractivity contribution in [2.75, 3.05) is 5.88 Å². The number of hydrogen-bond donors (Lipinski definition) is 0. The van der Waals surface area contributed by atoms with Gasteiger partial charge in [-0.1, -0.05) is 180 Å². The van der Waals surface area contributed by atoms with Gasteiger partial charge in [0.05, 0.1) is 0 Å². The van der Waals surface area contributed by atoms with Gasteiger partial charge in [-0.15, -0.1) is 11.6 Å². The van der Waals surface area contributed by atoms with E-state index in [2.05, 4.69) is 13.1 Å². The summed E-state index contributed by atoms with van der Waals surface area (Å²) in [5.41, 5.74) is 0. The minimum Gasteiger partial charge on any atom is -0.168 e. The minimum absolute atomic E-state index is 0.844. The first-order valence-electron chi connectivity index (χ1n) is 15.8. The fourth-order valence-corrected chi connectivity index (χ4v) is 6.74. The molecule has 0 bridgehead atoms. The molecule has 0 saturated carbocycles. The third-order valence-electron chi connectivity index (χ3n) is 7.40. The van der Waals surface area contributed by atoms with Crippen LogP contribution in [-0.2, 0) is 0 Å². The lowest BCUT2D eigenvalue weighted by Gasteiger charge is -2.11. The molecule has 34 heavy (non-hydrogen) atoms. The summed E-state index contributed by atoms with van der Waals surface area (Å²) in [7, 11) is -1.31. The topological polar surface area (TPSA) is 0 Å². The van der Waals surface area contributed by atoms with Gasteiger partial charge in [-0.3, -0.25) is 0 Å². The van der Waals surface area contributed by atoms with Gasteiger partial charge in [-0.2, -0.15) is 11.1 Å². The van der Waals surface area contributed by atoms with E-state index in [1.807, 2.05) is 0 Å². The van der Waals surface area contributed by atoms with Crippen LogP contribution in [-0.4, -0.2) is 13.3 Å². The molecular weight excluding hydrogens is 471 g/mol. The Morgan fingerprint density at radius 1 is 0.324 bits per heavy atom. The highest BCUT2D eigenvalue weighted by molar-refractivity contribution is 7.19. The van der Waals surface area contributed by atoms with Crippen LogP contribution in [0.1, 0.15) is 173 Å². The molecule has 0 N–H and O–H groups in total. The number of rotatable bonds is 29. The maximum atomic E-state index is 6.38. The Bertz CT molecular complexity index is 367. The summed E-state index contributed by atoms with van der Waals surface area (Å²) >= 11 is 12.1. The van der Waals surface area contributed by atoms with Crippen molar-refractivity contribution >= 4 is 30.1 Å². The Morgan fingerprint density at radius 2 is 0.500 bits per heavy atom. The molecule has 0 unspecified atom stereocenters. The molecular formula is C31H64Cl2Si. The first kappa shape index (κ1) is 34.8. The SMILES string of the molecule is C[Si](C)(Cl)CCCCCCCCCCCCCCCCCCCCCCCCCCCCCCl. The third-order valence-corrected chi connectivity index (χ3v) is 9.78. The molecule has 0 saturated heterocycles. The van der Waals surface area contributed by atoms with Crippen LogP contribution in [0, 0.1) is 0 Å². The first-order chi connectivity index (χ1) is 16.6. The van der Waals surface area contributed by atoms with Crippen LogP contribution in [0.5, 0.6) is 0 Å². The molecule has 0 spiro atoms. The highest BCUT2D eigenvalue weighted by atomic mass is 35.6.